The van der Waals surface area contributed by atoms with Crippen molar-refractivity contribution in [1.82, 2.24) is 0 Å². The van der Waals surface area contributed by atoms with Crippen molar-refractivity contribution in [3.05, 3.63) is 47.0 Å². The smallest absolute Gasteiger partial charge is 0.253 e. The molecule has 1 amide bonds. The van der Waals surface area contributed by atoms with E-state index in [2.05, 4.69) is 11.0 Å². The monoisotopic (exact) mass is 333 g/mol. The van der Waals surface area contributed by atoms with Crippen LogP contribution in [0.1, 0.15) is 40.2 Å². The van der Waals surface area contributed by atoms with Crippen LogP contribution in [0.3, 0.4) is 0 Å². The average Bonchev–Trinajstić information content (AvgIpc) is 2.67. The topological polar surface area (TPSA) is 79.3 Å². The first-order valence-electron chi connectivity index (χ1n) is 8.45. The molecule has 2 aromatic carbocycles. The van der Waals surface area contributed by atoms with Crippen molar-refractivity contribution >= 4 is 11.6 Å². The summed E-state index contributed by atoms with van der Waals surface area (Å²) in [7, 11) is 1.49. The van der Waals surface area contributed by atoms with Gasteiger partial charge >= 0.3 is 0 Å². The number of ether oxygens (including phenoxy) is 1. The SMILES string of the molecule is COc1c(C#N)c2c(c(-c3ccccc3)c1C(N)=O)N1CCC2CC1. The lowest BCUT2D eigenvalue weighted by atomic mass is 9.76. The summed E-state index contributed by atoms with van der Waals surface area (Å²) in [5.41, 5.74) is 10.2. The summed E-state index contributed by atoms with van der Waals surface area (Å²) in [6, 6.07) is 12.0. The third-order valence-electron chi connectivity index (χ3n) is 5.31. The number of nitrogens with zero attached hydrogens (tertiary/aromatic N) is 2. The van der Waals surface area contributed by atoms with Crippen LogP contribution in [-0.4, -0.2) is 26.1 Å². The van der Waals surface area contributed by atoms with Crippen molar-refractivity contribution in [1.29, 1.82) is 5.26 Å². The molecule has 5 nitrogen and oxygen atoms in total. The minimum absolute atomic E-state index is 0.302. The van der Waals surface area contributed by atoms with Crippen molar-refractivity contribution in [2.45, 2.75) is 18.8 Å². The Bertz CT molecular complexity index is 892. The maximum absolute atomic E-state index is 12.3. The molecule has 2 N–H and O–H groups in total. The van der Waals surface area contributed by atoms with Crippen LogP contribution in [0, 0.1) is 11.3 Å². The van der Waals surface area contributed by atoms with Crippen LogP contribution >= 0.6 is 0 Å². The van der Waals surface area contributed by atoms with Gasteiger partial charge in [0.15, 0.2) is 0 Å². The lowest BCUT2D eigenvalue weighted by molar-refractivity contribution is 0.0998. The minimum Gasteiger partial charge on any atom is -0.494 e. The van der Waals surface area contributed by atoms with Crippen LogP contribution in [0.4, 0.5) is 5.69 Å². The van der Waals surface area contributed by atoms with Gasteiger partial charge in [-0.05, 0) is 24.3 Å². The van der Waals surface area contributed by atoms with E-state index >= 15 is 0 Å². The second-order valence-electron chi connectivity index (χ2n) is 6.52. The van der Waals surface area contributed by atoms with E-state index in [1.165, 1.54) is 7.11 Å². The zero-order valence-corrected chi connectivity index (χ0v) is 14.1. The quantitative estimate of drug-likeness (QED) is 0.936. The summed E-state index contributed by atoms with van der Waals surface area (Å²) in [4.78, 5) is 14.6. The number of hydrogen-bond donors (Lipinski definition) is 1. The molecule has 0 radical (unpaired) electrons. The third-order valence-corrected chi connectivity index (χ3v) is 5.31. The Kier molecular flexibility index (Phi) is 3.61. The average molecular weight is 333 g/mol. The normalized spacial score (nSPS) is 15.6. The molecule has 0 saturated carbocycles. The molecule has 1 fully saturated rings. The van der Waals surface area contributed by atoms with Gasteiger partial charge in [-0.25, -0.2) is 0 Å². The lowest BCUT2D eigenvalue weighted by Gasteiger charge is -2.44. The van der Waals surface area contributed by atoms with Gasteiger partial charge in [0.25, 0.3) is 5.91 Å². The van der Waals surface area contributed by atoms with Gasteiger partial charge in [-0.3, -0.25) is 4.79 Å². The summed E-state index contributed by atoms with van der Waals surface area (Å²) < 4.78 is 5.52. The number of rotatable bonds is 3. The van der Waals surface area contributed by atoms with Gasteiger partial charge in [0.2, 0.25) is 0 Å². The van der Waals surface area contributed by atoms with Gasteiger partial charge in [-0.2, -0.15) is 5.26 Å². The number of fused-ring (bicyclic) bond motifs is 2. The lowest BCUT2D eigenvalue weighted by Crippen LogP contribution is -2.40. The zero-order chi connectivity index (χ0) is 17.6. The number of piperidine rings is 1. The Balaban J connectivity index is 2.18. The molecule has 0 spiro atoms. The van der Waals surface area contributed by atoms with Crippen molar-refractivity contribution < 1.29 is 9.53 Å². The molecule has 0 unspecified atom stereocenters. The number of carbonyl (C=O) groups is 1. The van der Waals surface area contributed by atoms with E-state index in [9.17, 15) is 10.1 Å². The summed E-state index contributed by atoms with van der Waals surface area (Å²) in [5, 5.41) is 9.80. The highest BCUT2D eigenvalue weighted by Gasteiger charge is 2.39. The van der Waals surface area contributed by atoms with Crippen LogP contribution in [0.2, 0.25) is 0 Å². The molecule has 3 aliphatic heterocycles. The highest BCUT2D eigenvalue weighted by Crippen LogP contribution is 2.53. The van der Waals surface area contributed by atoms with Crippen molar-refractivity contribution in [2.24, 2.45) is 5.73 Å². The number of nitriles is 1. The highest BCUT2D eigenvalue weighted by molar-refractivity contribution is 6.08. The van der Waals surface area contributed by atoms with Gasteiger partial charge < -0.3 is 15.4 Å². The van der Waals surface area contributed by atoms with E-state index in [1.54, 1.807) is 0 Å². The fourth-order valence-corrected chi connectivity index (χ4v) is 4.29. The van der Waals surface area contributed by atoms with Crippen LogP contribution < -0.4 is 15.4 Å². The molecule has 2 bridgehead atoms. The number of anilines is 1. The Hall–Kier alpha value is -3.00. The molecule has 2 aromatic rings. The maximum Gasteiger partial charge on any atom is 0.253 e. The molecular formula is C20H19N3O2. The fourth-order valence-electron chi connectivity index (χ4n) is 4.29. The molecule has 25 heavy (non-hydrogen) atoms. The van der Waals surface area contributed by atoms with Gasteiger partial charge in [-0.1, -0.05) is 30.3 Å². The number of hydrogen-bond acceptors (Lipinski definition) is 4. The van der Waals surface area contributed by atoms with Crippen molar-refractivity contribution in [3.63, 3.8) is 0 Å². The highest BCUT2D eigenvalue weighted by atomic mass is 16.5. The predicted molar refractivity (Wildman–Crippen MR) is 95.9 cm³/mol. The fraction of sp³-hybridized carbons (Fsp3) is 0.300. The Labute approximate surface area is 146 Å². The third kappa shape index (κ3) is 2.18. The Morgan fingerprint density at radius 1 is 1.28 bits per heavy atom. The summed E-state index contributed by atoms with van der Waals surface area (Å²) >= 11 is 0. The first-order chi connectivity index (χ1) is 12.2. The van der Waals surface area contributed by atoms with Crippen LogP contribution in [-0.2, 0) is 0 Å². The molecule has 3 heterocycles. The number of primary amides is 1. The van der Waals surface area contributed by atoms with E-state index < -0.39 is 5.91 Å². The van der Waals surface area contributed by atoms with Crippen molar-refractivity contribution in [3.8, 4) is 22.9 Å². The second-order valence-corrected chi connectivity index (χ2v) is 6.52. The van der Waals surface area contributed by atoms with Gasteiger partial charge in [0.05, 0.1) is 18.4 Å². The number of carbonyl (C=O) groups excluding carboxylic acids is 1. The molecule has 0 atom stereocenters. The van der Waals surface area contributed by atoms with E-state index in [1.807, 2.05) is 30.3 Å². The number of benzene rings is 2. The number of methoxy groups -OCH3 is 1. The summed E-state index contributed by atoms with van der Waals surface area (Å²) in [5.74, 6) is 0.0620. The molecular weight excluding hydrogens is 314 g/mol. The van der Waals surface area contributed by atoms with Crippen LogP contribution in [0.15, 0.2) is 30.3 Å². The van der Waals surface area contributed by atoms with E-state index in [0.29, 0.717) is 22.8 Å². The standard InChI is InChI=1S/C20H19N3O2/c1-25-19-14(11-21)15-13-7-9-23(10-8-13)18(15)16(17(19)20(22)24)12-5-3-2-4-6-12/h2-6,13H,7-10H2,1H3,(H2,22,24). The summed E-state index contributed by atoms with van der Waals surface area (Å²) in [6.07, 6.45) is 2.05. The molecule has 1 saturated heterocycles. The molecule has 5 rings (SSSR count). The van der Waals surface area contributed by atoms with Crippen molar-refractivity contribution in [2.75, 3.05) is 25.1 Å². The minimum atomic E-state index is -0.572. The largest absolute Gasteiger partial charge is 0.494 e. The van der Waals surface area contributed by atoms with Gasteiger partial charge in [-0.15, -0.1) is 0 Å². The number of nitrogens with two attached hydrogens (primary N) is 1. The first kappa shape index (κ1) is 15.5. The van der Waals surface area contributed by atoms with Crippen LogP contribution in [0.5, 0.6) is 5.75 Å². The second kappa shape index (κ2) is 5.82. The Morgan fingerprint density at radius 3 is 2.52 bits per heavy atom. The molecule has 5 heteroatoms. The predicted octanol–water partition coefficient (Wildman–Crippen LogP) is 3.03. The van der Waals surface area contributed by atoms with Gasteiger partial charge in [0.1, 0.15) is 17.4 Å². The maximum atomic E-state index is 12.3. The molecule has 0 aromatic heterocycles. The molecule has 126 valence electrons. The van der Waals surface area contributed by atoms with E-state index in [-0.39, 0.29) is 0 Å². The Morgan fingerprint density at radius 2 is 1.96 bits per heavy atom. The summed E-state index contributed by atoms with van der Waals surface area (Å²) in [6.45, 7) is 1.87. The van der Waals surface area contributed by atoms with E-state index in [0.717, 1.165) is 48.3 Å². The molecule has 3 aliphatic rings. The number of amides is 1. The zero-order valence-electron chi connectivity index (χ0n) is 14.1. The first-order valence-corrected chi connectivity index (χ1v) is 8.45. The van der Waals surface area contributed by atoms with E-state index in [4.69, 9.17) is 10.5 Å². The van der Waals surface area contributed by atoms with Crippen LogP contribution in [0.25, 0.3) is 11.1 Å². The molecule has 0 aliphatic carbocycles. The van der Waals surface area contributed by atoms with Gasteiger partial charge in [0, 0.05) is 24.2 Å².